The molecule has 3 rings (SSSR count). The van der Waals surface area contributed by atoms with E-state index in [-0.39, 0.29) is 0 Å². The number of fused-ring (bicyclic) bond motifs is 1. The van der Waals surface area contributed by atoms with Crippen LogP contribution in [0.4, 0.5) is 5.69 Å². The van der Waals surface area contributed by atoms with Crippen molar-refractivity contribution in [3.63, 3.8) is 0 Å². The van der Waals surface area contributed by atoms with Crippen LogP contribution >= 0.6 is 0 Å². The van der Waals surface area contributed by atoms with Crippen molar-refractivity contribution in [3.8, 4) is 5.75 Å². The Morgan fingerprint density at radius 3 is 3.00 bits per heavy atom. The van der Waals surface area contributed by atoms with Crippen LogP contribution in [0, 0.1) is 5.92 Å². The lowest BCUT2D eigenvalue weighted by atomic mass is 9.85. The number of rotatable bonds is 3. The van der Waals surface area contributed by atoms with Gasteiger partial charge < -0.3 is 10.5 Å². The van der Waals surface area contributed by atoms with Gasteiger partial charge in [0.1, 0.15) is 0 Å². The van der Waals surface area contributed by atoms with Crippen LogP contribution in [0.1, 0.15) is 39.0 Å². The zero-order chi connectivity index (χ0) is 13.9. The molecule has 1 aromatic heterocycles. The number of aromatic nitrogens is 1. The van der Waals surface area contributed by atoms with Gasteiger partial charge in [0.15, 0.2) is 5.75 Å². The molecule has 2 aromatic rings. The molecule has 106 valence electrons. The summed E-state index contributed by atoms with van der Waals surface area (Å²) >= 11 is 0. The van der Waals surface area contributed by atoms with Gasteiger partial charge in [-0.1, -0.05) is 31.9 Å². The number of ether oxygens (including phenoxy) is 1. The van der Waals surface area contributed by atoms with Gasteiger partial charge in [0, 0.05) is 5.39 Å². The SMILES string of the molecule is CCC1CCCC(Oc2c(N)cnc3ccccc23)C1. The molecule has 1 saturated carbocycles. The first-order chi connectivity index (χ1) is 9.78. The number of benzene rings is 1. The molecule has 2 atom stereocenters. The smallest absolute Gasteiger partial charge is 0.153 e. The normalized spacial score (nSPS) is 22.9. The number of hydrogen-bond donors (Lipinski definition) is 1. The number of nitrogen functional groups attached to an aromatic ring is 1. The summed E-state index contributed by atoms with van der Waals surface area (Å²) in [5, 5.41) is 1.02. The number of nitrogens with zero attached hydrogens (tertiary/aromatic N) is 1. The second-order valence-corrected chi connectivity index (χ2v) is 5.74. The number of pyridine rings is 1. The fourth-order valence-electron chi connectivity index (χ4n) is 3.15. The van der Waals surface area contributed by atoms with Crippen molar-refractivity contribution in [1.82, 2.24) is 4.98 Å². The Balaban J connectivity index is 1.88. The minimum absolute atomic E-state index is 0.293. The average molecular weight is 270 g/mol. The molecule has 20 heavy (non-hydrogen) atoms. The summed E-state index contributed by atoms with van der Waals surface area (Å²) in [5.74, 6) is 1.61. The Kier molecular flexibility index (Phi) is 3.77. The highest BCUT2D eigenvalue weighted by atomic mass is 16.5. The summed E-state index contributed by atoms with van der Waals surface area (Å²) in [6.45, 7) is 2.27. The van der Waals surface area contributed by atoms with Gasteiger partial charge in [-0.2, -0.15) is 0 Å². The van der Waals surface area contributed by atoms with Crippen LogP contribution in [0.15, 0.2) is 30.5 Å². The summed E-state index contributed by atoms with van der Waals surface area (Å²) in [5.41, 5.74) is 7.67. The maximum absolute atomic E-state index is 6.27. The van der Waals surface area contributed by atoms with Gasteiger partial charge in [-0.05, 0) is 37.3 Å². The zero-order valence-electron chi connectivity index (χ0n) is 12.0. The van der Waals surface area contributed by atoms with E-state index in [1.807, 2.05) is 24.3 Å². The van der Waals surface area contributed by atoms with Gasteiger partial charge in [-0.3, -0.25) is 4.98 Å². The average Bonchev–Trinajstić information content (AvgIpc) is 2.50. The number of anilines is 1. The van der Waals surface area contributed by atoms with E-state index < -0.39 is 0 Å². The topological polar surface area (TPSA) is 48.1 Å². The molecule has 0 spiro atoms. The summed E-state index contributed by atoms with van der Waals surface area (Å²) in [6, 6.07) is 8.03. The Morgan fingerprint density at radius 2 is 2.15 bits per heavy atom. The van der Waals surface area contributed by atoms with Crippen LogP contribution < -0.4 is 10.5 Å². The predicted molar refractivity (Wildman–Crippen MR) is 82.8 cm³/mol. The molecule has 0 bridgehead atoms. The molecule has 2 unspecified atom stereocenters. The molecule has 0 radical (unpaired) electrons. The molecule has 1 aliphatic rings. The number of nitrogens with two attached hydrogens (primary N) is 1. The Morgan fingerprint density at radius 1 is 1.30 bits per heavy atom. The van der Waals surface area contributed by atoms with E-state index in [0.29, 0.717) is 11.8 Å². The molecule has 3 heteroatoms. The maximum Gasteiger partial charge on any atom is 0.153 e. The van der Waals surface area contributed by atoms with Crippen molar-refractivity contribution >= 4 is 16.6 Å². The highest BCUT2D eigenvalue weighted by Gasteiger charge is 2.23. The quantitative estimate of drug-likeness (QED) is 0.910. The lowest BCUT2D eigenvalue weighted by molar-refractivity contribution is 0.124. The molecular weight excluding hydrogens is 248 g/mol. The lowest BCUT2D eigenvalue weighted by Crippen LogP contribution is -2.25. The fraction of sp³-hybridized carbons (Fsp3) is 0.471. The summed E-state index contributed by atoms with van der Waals surface area (Å²) in [6.07, 6.45) is 8.11. The highest BCUT2D eigenvalue weighted by molar-refractivity contribution is 5.89. The van der Waals surface area contributed by atoms with Gasteiger partial charge in [-0.15, -0.1) is 0 Å². The van der Waals surface area contributed by atoms with Gasteiger partial charge in [0.25, 0.3) is 0 Å². The minimum Gasteiger partial charge on any atom is -0.487 e. The monoisotopic (exact) mass is 270 g/mol. The molecule has 1 aromatic carbocycles. The van der Waals surface area contributed by atoms with Crippen LogP contribution in [0.2, 0.25) is 0 Å². The third-order valence-electron chi connectivity index (χ3n) is 4.35. The molecule has 0 amide bonds. The van der Waals surface area contributed by atoms with Gasteiger partial charge in [0.05, 0.1) is 23.5 Å². The van der Waals surface area contributed by atoms with Crippen LogP contribution in [0.3, 0.4) is 0 Å². The lowest BCUT2D eigenvalue weighted by Gasteiger charge is -2.29. The van der Waals surface area contributed by atoms with Crippen LogP contribution in [0.25, 0.3) is 10.9 Å². The van der Waals surface area contributed by atoms with Crippen molar-refractivity contribution in [3.05, 3.63) is 30.5 Å². The first kappa shape index (κ1) is 13.2. The Bertz CT molecular complexity index is 597. The number of hydrogen-bond acceptors (Lipinski definition) is 3. The highest BCUT2D eigenvalue weighted by Crippen LogP contribution is 2.35. The molecule has 1 heterocycles. The largest absolute Gasteiger partial charge is 0.487 e. The van der Waals surface area contributed by atoms with Gasteiger partial charge in [0.2, 0.25) is 0 Å². The van der Waals surface area contributed by atoms with Gasteiger partial charge >= 0.3 is 0 Å². The van der Waals surface area contributed by atoms with Crippen molar-refractivity contribution in [1.29, 1.82) is 0 Å². The van der Waals surface area contributed by atoms with E-state index in [0.717, 1.165) is 35.4 Å². The molecule has 0 saturated heterocycles. The minimum atomic E-state index is 0.293. The first-order valence-electron chi connectivity index (χ1n) is 7.57. The molecule has 2 N–H and O–H groups in total. The second-order valence-electron chi connectivity index (χ2n) is 5.74. The van der Waals surface area contributed by atoms with Crippen LogP contribution in [-0.2, 0) is 0 Å². The molecular formula is C17H22N2O. The summed E-state index contributed by atoms with van der Waals surface area (Å²) in [4.78, 5) is 4.36. The van der Waals surface area contributed by atoms with E-state index in [1.54, 1.807) is 6.20 Å². The maximum atomic E-state index is 6.27. The van der Waals surface area contributed by atoms with E-state index in [2.05, 4.69) is 11.9 Å². The standard InChI is InChI=1S/C17H22N2O/c1-2-12-6-5-7-13(10-12)20-17-14-8-3-4-9-16(14)19-11-15(17)18/h3-4,8-9,11-13H,2,5-7,10,18H2,1H3. The fourth-order valence-corrected chi connectivity index (χ4v) is 3.15. The Hall–Kier alpha value is -1.77. The van der Waals surface area contributed by atoms with E-state index >= 15 is 0 Å². The third-order valence-corrected chi connectivity index (χ3v) is 4.35. The first-order valence-corrected chi connectivity index (χ1v) is 7.57. The Labute approximate surface area is 120 Å². The predicted octanol–water partition coefficient (Wildman–Crippen LogP) is 4.16. The van der Waals surface area contributed by atoms with Gasteiger partial charge in [-0.25, -0.2) is 0 Å². The van der Waals surface area contributed by atoms with Crippen LogP contribution in [-0.4, -0.2) is 11.1 Å². The summed E-state index contributed by atoms with van der Waals surface area (Å²) in [7, 11) is 0. The van der Waals surface area contributed by atoms with Crippen molar-refractivity contribution < 1.29 is 4.74 Å². The molecule has 0 aliphatic heterocycles. The molecule has 1 fully saturated rings. The van der Waals surface area contributed by atoms with E-state index in [9.17, 15) is 0 Å². The van der Waals surface area contributed by atoms with E-state index in [4.69, 9.17) is 10.5 Å². The molecule has 3 nitrogen and oxygen atoms in total. The number of para-hydroxylation sites is 1. The summed E-state index contributed by atoms with van der Waals surface area (Å²) < 4.78 is 6.27. The van der Waals surface area contributed by atoms with Crippen molar-refractivity contribution in [2.45, 2.75) is 45.1 Å². The zero-order valence-corrected chi connectivity index (χ0v) is 12.0. The second kappa shape index (κ2) is 5.70. The van der Waals surface area contributed by atoms with E-state index in [1.165, 1.54) is 19.3 Å². The third kappa shape index (κ3) is 2.58. The van der Waals surface area contributed by atoms with Crippen molar-refractivity contribution in [2.75, 3.05) is 5.73 Å². The molecule has 1 aliphatic carbocycles. The van der Waals surface area contributed by atoms with Crippen molar-refractivity contribution in [2.24, 2.45) is 5.92 Å². The van der Waals surface area contributed by atoms with Crippen LogP contribution in [0.5, 0.6) is 5.75 Å².